The first-order chi connectivity index (χ1) is 9.99. The van der Waals surface area contributed by atoms with Crippen LogP contribution >= 0.6 is 11.3 Å². The highest BCUT2D eigenvalue weighted by molar-refractivity contribution is 7.13. The van der Waals surface area contributed by atoms with Crippen LogP contribution in [0.4, 0.5) is 5.69 Å². The molecule has 21 heavy (non-hydrogen) atoms. The van der Waals surface area contributed by atoms with E-state index in [1.54, 1.807) is 0 Å². The van der Waals surface area contributed by atoms with Gasteiger partial charge in [-0.05, 0) is 55.7 Å². The summed E-state index contributed by atoms with van der Waals surface area (Å²) in [6.45, 7) is 6.58. The molecule has 1 nitrogen and oxygen atoms in total. The molecule has 110 valence electrons. The van der Waals surface area contributed by atoms with Crippen molar-refractivity contribution in [2.75, 3.05) is 19.0 Å². The minimum atomic E-state index is 1.22. The van der Waals surface area contributed by atoms with Gasteiger partial charge in [0.05, 0.1) is 0 Å². The monoisotopic (exact) mass is 297 g/mol. The first-order valence-electron chi connectivity index (χ1n) is 7.17. The van der Waals surface area contributed by atoms with Crippen LogP contribution in [0.3, 0.4) is 0 Å². The average Bonchev–Trinajstić information content (AvgIpc) is 2.71. The zero-order chi connectivity index (χ0) is 15.4. The van der Waals surface area contributed by atoms with Crippen molar-refractivity contribution in [1.82, 2.24) is 0 Å². The lowest BCUT2D eigenvalue weighted by Crippen LogP contribution is -2.07. The predicted octanol–water partition coefficient (Wildman–Crippen LogP) is 5.47. The van der Waals surface area contributed by atoms with Crippen LogP contribution in [0.25, 0.3) is 12.2 Å². The van der Waals surface area contributed by atoms with Gasteiger partial charge in [0.15, 0.2) is 0 Å². The van der Waals surface area contributed by atoms with Crippen molar-refractivity contribution < 1.29 is 0 Å². The van der Waals surface area contributed by atoms with E-state index in [1.807, 2.05) is 11.3 Å². The van der Waals surface area contributed by atoms with Crippen molar-refractivity contribution in [1.29, 1.82) is 0 Å². The van der Waals surface area contributed by atoms with Gasteiger partial charge in [-0.1, -0.05) is 30.4 Å². The average molecular weight is 297 g/mol. The first kappa shape index (κ1) is 15.6. The smallest absolute Gasteiger partial charge is 0.0361 e. The first-order valence-corrected chi connectivity index (χ1v) is 7.99. The van der Waals surface area contributed by atoms with Crippen LogP contribution in [-0.2, 0) is 0 Å². The van der Waals surface area contributed by atoms with Gasteiger partial charge < -0.3 is 4.90 Å². The number of anilines is 1. The van der Waals surface area contributed by atoms with Crippen molar-refractivity contribution in [2.45, 2.75) is 20.8 Å². The Balaban J connectivity index is 2.04. The largest absolute Gasteiger partial charge is 0.378 e. The third-order valence-corrected chi connectivity index (χ3v) is 5.05. The van der Waals surface area contributed by atoms with Crippen molar-refractivity contribution in [3.63, 3.8) is 0 Å². The fourth-order valence-corrected chi connectivity index (χ4v) is 3.21. The number of hydrogen-bond acceptors (Lipinski definition) is 2. The predicted molar refractivity (Wildman–Crippen MR) is 97.4 cm³/mol. The van der Waals surface area contributed by atoms with Gasteiger partial charge in [0.1, 0.15) is 0 Å². The van der Waals surface area contributed by atoms with Gasteiger partial charge in [0, 0.05) is 29.5 Å². The van der Waals surface area contributed by atoms with E-state index in [1.165, 1.54) is 32.1 Å². The minimum Gasteiger partial charge on any atom is -0.378 e. The second kappa shape index (κ2) is 6.77. The number of aryl methyl sites for hydroxylation is 1. The molecule has 0 saturated carbocycles. The summed E-state index contributed by atoms with van der Waals surface area (Å²) in [6.07, 6.45) is 8.56. The number of thiophene rings is 1. The third-order valence-electron chi connectivity index (χ3n) is 3.78. The topological polar surface area (TPSA) is 3.24 Å². The molecule has 0 aliphatic carbocycles. The fraction of sp³-hybridized carbons (Fsp3) is 0.263. The molecule has 0 fully saturated rings. The molecule has 0 amide bonds. The molecule has 0 atom stereocenters. The van der Waals surface area contributed by atoms with Gasteiger partial charge in [-0.25, -0.2) is 0 Å². The van der Waals surface area contributed by atoms with E-state index in [4.69, 9.17) is 0 Å². The molecule has 2 rings (SSSR count). The minimum absolute atomic E-state index is 1.22. The number of rotatable bonds is 4. The van der Waals surface area contributed by atoms with Crippen LogP contribution in [0.1, 0.15) is 26.4 Å². The fourth-order valence-electron chi connectivity index (χ4n) is 2.12. The highest BCUT2D eigenvalue weighted by Crippen LogP contribution is 2.27. The Morgan fingerprint density at radius 3 is 2.00 bits per heavy atom. The Morgan fingerprint density at radius 1 is 0.857 bits per heavy atom. The molecule has 1 heterocycles. The number of benzene rings is 1. The molecule has 1 aromatic carbocycles. The van der Waals surface area contributed by atoms with Crippen LogP contribution in [0, 0.1) is 20.8 Å². The Labute approximate surface area is 132 Å². The van der Waals surface area contributed by atoms with E-state index in [9.17, 15) is 0 Å². The molecule has 0 bridgehead atoms. The third kappa shape index (κ3) is 3.85. The molecular weight excluding hydrogens is 274 g/mol. The Kier molecular flexibility index (Phi) is 5.03. The zero-order valence-corrected chi connectivity index (χ0v) is 14.3. The van der Waals surface area contributed by atoms with Gasteiger partial charge >= 0.3 is 0 Å². The molecule has 1 aromatic heterocycles. The summed E-state index contributed by atoms with van der Waals surface area (Å²) < 4.78 is 0. The van der Waals surface area contributed by atoms with Gasteiger partial charge in [-0.3, -0.25) is 0 Å². The summed E-state index contributed by atoms with van der Waals surface area (Å²) in [5.74, 6) is 0. The van der Waals surface area contributed by atoms with Gasteiger partial charge in [-0.2, -0.15) is 0 Å². The standard InChI is InChI=1S/C19H23NS/c1-14-15(2)19(21-16(14)3)9-7-6-8-17-10-12-18(13-11-17)20(4)5/h6-13H,1-5H3. The summed E-state index contributed by atoms with van der Waals surface area (Å²) in [4.78, 5) is 4.88. The summed E-state index contributed by atoms with van der Waals surface area (Å²) in [5.41, 5.74) is 5.27. The molecule has 0 aliphatic rings. The van der Waals surface area contributed by atoms with E-state index in [0.29, 0.717) is 0 Å². The number of hydrogen-bond donors (Lipinski definition) is 0. The van der Waals surface area contributed by atoms with Gasteiger partial charge in [0.25, 0.3) is 0 Å². The molecule has 0 radical (unpaired) electrons. The molecule has 2 aromatic rings. The Morgan fingerprint density at radius 2 is 1.48 bits per heavy atom. The SMILES string of the molecule is Cc1sc(C=CC=Cc2ccc(N(C)C)cc2)c(C)c1C. The van der Waals surface area contributed by atoms with Crippen LogP contribution < -0.4 is 4.90 Å². The van der Waals surface area contributed by atoms with Crippen LogP contribution in [0.5, 0.6) is 0 Å². The number of nitrogens with zero attached hydrogens (tertiary/aromatic N) is 1. The highest BCUT2D eigenvalue weighted by Gasteiger charge is 2.04. The summed E-state index contributed by atoms with van der Waals surface area (Å²) in [7, 11) is 4.11. The highest BCUT2D eigenvalue weighted by atomic mass is 32.1. The lowest BCUT2D eigenvalue weighted by Gasteiger charge is -2.11. The van der Waals surface area contributed by atoms with E-state index in [-0.39, 0.29) is 0 Å². The number of allylic oxidation sites excluding steroid dienone is 2. The van der Waals surface area contributed by atoms with Crippen molar-refractivity contribution in [2.24, 2.45) is 0 Å². The maximum Gasteiger partial charge on any atom is 0.0361 e. The van der Waals surface area contributed by atoms with E-state index in [0.717, 1.165) is 0 Å². The van der Waals surface area contributed by atoms with Crippen LogP contribution in [0.2, 0.25) is 0 Å². The van der Waals surface area contributed by atoms with Crippen LogP contribution in [0.15, 0.2) is 36.4 Å². The molecule has 2 heteroatoms. The van der Waals surface area contributed by atoms with Crippen molar-refractivity contribution in [3.8, 4) is 0 Å². The maximum atomic E-state index is 2.20. The summed E-state index contributed by atoms with van der Waals surface area (Å²) in [5, 5.41) is 0. The van der Waals surface area contributed by atoms with Gasteiger partial charge in [0.2, 0.25) is 0 Å². The van der Waals surface area contributed by atoms with E-state index in [2.05, 4.69) is 88.3 Å². The quantitative estimate of drug-likeness (QED) is 0.677. The lowest BCUT2D eigenvalue weighted by atomic mass is 10.1. The summed E-state index contributed by atoms with van der Waals surface area (Å²) >= 11 is 1.87. The van der Waals surface area contributed by atoms with Crippen molar-refractivity contribution in [3.05, 3.63) is 62.9 Å². The molecule has 0 saturated heterocycles. The molecule has 0 N–H and O–H groups in total. The zero-order valence-electron chi connectivity index (χ0n) is 13.5. The maximum absolute atomic E-state index is 2.20. The van der Waals surface area contributed by atoms with E-state index < -0.39 is 0 Å². The Bertz CT molecular complexity index is 658. The van der Waals surface area contributed by atoms with Crippen molar-refractivity contribution >= 4 is 29.2 Å². The van der Waals surface area contributed by atoms with Crippen LogP contribution in [-0.4, -0.2) is 14.1 Å². The second-order valence-corrected chi connectivity index (χ2v) is 6.73. The molecular formula is C19H23NS. The normalized spacial score (nSPS) is 11.7. The molecule has 0 unspecified atom stereocenters. The Hall–Kier alpha value is -1.80. The van der Waals surface area contributed by atoms with Gasteiger partial charge in [-0.15, -0.1) is 11.3 Å². The molecule has 0 aliphatic heterocycles. The van der Waals surface area contributed by atoms with E-state index >= 15 is 0 Å². The molecule has 0 spiro atoms. The lowest BCUT2D eigenvalue weighted by molar-refractivity contribution is 1.13. The summed E-state index contributed by atoms with van der Waals surface area (Å²) in [6, 6.07) is 8.56. The second-order valence-electron chi connectivity index (χ2n) is 5.48.